The van der Waals surface area contributed by atoms with Gasteiger partial charge in [0.1, 0.15) is 19.8 Å². The first-order valence-electron chi connectivity index (χ1n) is 10.3. The van der Waals surface area contributed by atoms with Gasteiger partial charge in [-0.1, -0.05) is 27.7 Å². The summed E-state index contributed by atoms with van der Waals surface area (Å²) >= 11 is 0. The van der Waals surface area contributed by atoms with Crippen LogP contribution in [0, 0.1) is 40.9 Å². The van der Waals surface area contributed by atoms with Gasteiger partial charge in [-0.2, -0.15) is 0 Å². The molecule has 0 heterocycles. The van der Waals surface area contributed by atoms with Crippen molar-refractivity contribution in [2.45, 2.75) is 53.4 Å². The van der Waals surface area contributed by atoms with Crippen LogP contribution < -0.4 is 0 Å². The monoisotopic (exact) mass is 380 g/mol. The molecule has 3 rings (SSSR count). The van der Waals surface area contributed by atoms with Gasteiger partial charge in [-0.25, -0.2) is 0 Å². The standard InChI is InChI=1S/C21H32O6/c1-5-21(9-25-18(22)15-6-12(15)2,10-26-19(23)16-7-13(16)3)11-27-20(24)17-8-14(17)4/h12-17H,5-11H2,1-4H3. The molecule has 6 nitrogen and oxygen atoms in total. The van der Waals surface area contributed by atoms with Crippen LogP contribution in [-0.2, 0) is 28.6 Å². The molecule has 6 heteroatoms. The fourth-order valence-corrected chi connectivity index (χ4v) is 3.38. The second kappa shape index (κ2) is 7.80. The molecule has 0 aliphatic heterocycles. The molecule has 3 fully saturated rings. The Balaban J connectivity index is 1.56. The van der Waals surface area contributed by atoms with E-state index in [-0.39, 0.29) is 55.5 Å². The first-order valence-corrected chi connectivity index (χ1v) is 10.3. The van der Waals surface area contributed by atoms with Crippen molar-refractivity contribution in [3.05, 3.63) is 0 Å². The predicted molar refractivity (Wildman–Crippen MR) is 97.4 cm³/mol. The van der Waals surface area contributed by atoms with Crippen molar-refractivity contribution in [1.29, 1.82) is 0 Å². The maximum Gasteiger partial charge on any atom is 0.309 e. The van der Waals surface area contributed by atoms with Gasteiger partial charge < -0.3 is 14.2 Å². The van der Waals surface area contributed by atoms with E-state index in [2.05, 4.69) is 0 Å². The van der Waals surface area contributed by atoms with Crippen molar-refractivity contribution in [3.8, 4) is 0 Å². The number of hydrogen-bond donors (Lipinski definition) is 0. The molecule has 27 heavy (non-hydrogen) atoms. The molecular formula is C21H32O6. The lowest BCUT2D eigenvalue weighted by Gasteiger charge is -2.31. The minimum absolute atomic E-state index is 0.0238. The average molecular weight is 380 g/mol. The smallest absolute Gasteiger partial charge is 0.309 e. The molecule has 6 atom stereocenters. The molecular weight excluding hydrogens is 348 g/mol. The highest BCUT2D eigenvalue weighted by Gasteiger charge is 2.45. The fourth-order valence-electron chi connectivity index (χ4n) is 3.38. The molecule has 0 aromatic rings. The lowest BCUT2D eigenvalue weighted by atomic mass is 9.88. The van der Waals surface area contributed by atoms with E-state index in [0.29, 0.717) is 24.2 Å². The highest BCUT2D eigenvalue weighted by Crippen LogP contribution is 2.41. The van der Waals surface area contributed by atoms with E-state index in [1.54, 1.807) is 0 Å². The lowest BCUT2D eigenvalue weighted by molar-refractivity contribution is -0.164. The molecule has 0 N–H and O–H groups in total. The quantitative estimate of drug-likeness (QED) is 0.428. The SMILES string of the molecule is CCC(COC(=O)C1CC1C)(COC(=O)C1CC1C)COC(=O)C1CC1C. The van der Waals surface area contributed by atoms with Crippen LogP contribution in [0.25, 0.3) is 0 Å². The minimum atomic E-state index is -0.685. The molecule has 6 unspecified atom stereocenters. The fraction of sp³-hybridized carbons (Fsp3) is 0.857. The Morgan fingerprint density at radius 3 is 1.15 bits per heavy atom. The largest absolute Gasteiger partial charge is 0.465 e. The molecule has 152 valence electrons. The number of rotatable bonds is 10. The van der Waals surface area contributed by atoms with E-state index in [4.69, 9.17) is 14.2 Å². The highest BCUT2D eigenvalue weighted by atomic mass is 16.6. The average Bonchev–Trinajstić information content (AvgIpc) is 3.56. The van der Waals surface area contributed by atoms with Gasteiger partial charge >= 0.3 is 17.9 Å². The highest BCUT2D eigenvalue weighted by molar-refractivity contribution is 5.76. The third-order valence-electron chi connectivity index (χ3n) is 6.55. The van der Waals surface area contributed by atoms with E-state index in [9.17, 15) is 14.4 Å². The van der Waals surface area contributed by atoms with Gasteiger partial charge in [-0.15, -0.1) is 0 Å². The Bertz CT molecular complexity index is 521. The summed E-state index contributed by atoms with van der Waals surface area (Å²) in [5.41, 5.74) is -0.685. The number of carbonyl (C=O) groups excluding carboxylic acids is 3. The van der Waals surface area contributed by atoms with E-state index in [1.165, 1.54) is 0 Å². The van der Waals surface area contributed by atoms with Crippen molar-refractivity contribution in [2.24, 2.45) is 40.9 Å². The van der Waals surface area contributed by atoms with Crippen molar-refractivity contribution < 1.29 is 28.6 Å². The summed E-state index contributed by atoms with van der Waals surface area (Å²) < 4.78 is 16.6. The Hall–Kier alpha value is -1.59. The van der Waals surface area contributed by atoms with Gasteiger partial charge in [0.15, 0.2) is 0 Å². The van der Waals surface area contributed by atoms with Gasteiger partial charge in [0.2, 0.25) is 0 Å². The van der Waals surface area contributed by atoms with Gasteiger partial charge in [0.25, 0.3) is 0 Å². The summed E-state index contributed by atoms with van der Waals surface area (Å²) in [6.45, 7) is 8.32. The third-order valence-corrected chi connectivity index (χ3v) is 6.55. The molecule has 0 radical (unpaired) electrons. The molecule has 0 amide bonds. The number of esters is 3. The Morgan fingerprint density at radius 1 is 0.704 bits per heavy atom. The molecule has 0 aromatic carbocycles. The van der Waals surface area contributed by atoms with Crippen molar-refractivity contribution >= 4 is 17.9 Å². The predicted octanol–water partition coefficient (Wildman–Crippen LogP) is 2.98. The summed E-state index contributed by atoms with van der Waals surface area (Å²) in [5.74, 6) is 0.433. The zero-order chi connectivity index (χ0) is 19.8. The molecule has 3 aliphatic rings. The van der Waals surface area contributed by atoms with E-state index in [0.717, 1.165) is 19.3 Å². The first-order chi connectivity index (χ1) is 12.8. The summed E-state index contributed by atoms with van der Waals surface area (Å²) in [5, 5.41) is 0. The number of hydrogen-bond acceptors (Lipinski definition) is 6. The maximum absolute atomic E-state index is 12.1. The van der Waals surface area contributed by atoms with Gasteiger partial charge in [0, 0.05) is 0 Å². The summed E-state index contributed by atoms with van der Waals surface area (Å²) in [6.07, 6.45) is 3.17. The third kappa shape index (κ3) is 5.02. The van der Waals surface area contributed by atoms with Crippen LogP contribution >= 0.6 is 0 Å². The summed E-state index contributed by atoms with van der Waals surface area (Å²) in [7, 11) is 0. The summed E-state index contributed by atoms with van der Waals surface area (Å²) in [6, 6.07) is 0. The molecule has 3 saturated carbocycles. The van der Waals surface area contributed by atoms with Crippen molar-refractivity contribution in [2.75, 3.05) is 19.8 Å². The maximum atomic E-state index is 12.1. The van der Waals surface area contributed by atoms with Crippen LogP contribution in [0.15, 0.2) is 0 Å². The van der Waals surface area contributed by atoms with Gasteiger partial charge in [-0.05, 0) is 43.4 Å². The van der Waals surface area contributed by atoms with E-state index >= 15 is 0 Å². The second-order valence-corrected chi connectivity index (χ2v) is 9.14. The number of ether oxygens (including phenoxy) is 3. The van der Waals surface area contributed by atoms with E-state index in [1.807, 2.05) is 27.7 Å². The normalized spacial score (nSPS) is 35.6. The molecule has 0 aromatic heterocycles. The summed E-state index contributed by atoms with van der Waals surface area (Å²) in [4.78, 5) is 36.4. The van der Waals surface area contributed by atoms with Crippen LogP contribution in [0.4, 0.5) is 0 Å². The molecule has 0 saturated heterocycles. The van der Waals surface area contributed by atoms with Crippen molar-refractivity contribution in [3.63, 3.8) is 0 Å². The van der Waals surface area contributed by atoms with Crippen LogP contribution in [0.5, 0.6) is 0 Å². The molecule has 0 bridgehead atoms. The zero-order valence-electron chi connectivity index (χ0n) is 16.9. The first kappa shape index (κ1) is 20.2. The topological polar surface area (TPSA) is 78.9 Å². The van der Waals surface area contributed by atoms with Gasteiger partial charge in [-0.3, -0.25) is 14.4 Å². The zero-order valence-corrected chi connectivity index (χ0v) is 16.9. The Morgan fingerprint density at radius 2 is 0.963 bits per heavy atom. The number of carbonyl (C=O) groups is 3. The van der Waals surface area contributed by atoms with Crippen LogP contribution in [-0.4, -0.2) is 37.7 Å². The van der Waals surface area contributed by atoms with Crippen LogP contribution in [0.3, 0.4) is 0 Å². The second-order valence-electron chi connectivity index (χ2n) is 9.14. The Labute approximate surface area is 161 Å². The van der Waals surface area contributed by atoms with Gasteiger partial charge in [0.05, 0.1) is 23.2 Å². The minimum Gasteiger partial charge on any atom is -0.465 e. The van der Waals surface area contributed by atoms with Crippen LogP contribution in [0.2, 0.25) is 0 Å². The Kier molecular flexibility index (Phi) is 5.82. The van der Waals surface area contributed by atoms with Crippen molar-refractivity contribution in [1.82, 2.24) is 0 Å². The molecule has 0 spiro atoms. The lowest BCUT2D eigenvalue weighted by Crippen LogP contribution is -2.39. The van der Waals surface area contributed by atoms with E-state index < -0.39 is 5.41 Å². The molecule has 3 aliphatic carbocycles. The van der Waals surface area contributed by atoms with Crippen LogP contribution in [0.1, 0.15) is 53.4 Å².